The third kappa shape index (κ3) is 2.95. The van der Waals surface area contributed by atoms with Crippen LogP contribution in [-0.4, -0.2) is 46.9 Å². The van der Waals surface area contributed by atoms with Gasteiger partial charge in [0.2, 0.25) is 11.8 Å². The molecule has 6 heteroatoms. The highest BCUT2D eigenvalue weighted by atomic mass is 16.4. The predicted octanol–water partition coefficient (Wildman–Crippen LogP) is -0.556. The van der Waals surface area contributed by atoms with E-state index in [1.807, 2.05) is 13.8 Å². The number of carboxylic acid groups (broad SMARTS) is 1. The van der Waals surface area contributed by atoms with Crippen LogP contribution < -0.4 is 5.32 Å². The second kappa shape index (κ2) is 4.96. The van der Waals surface area contributed by atoms with E-state index >= 15 is 0 Å². The van der Waals surface area contributed by atoms with Crippen molar-refractivity contribution in [1.82, 2.24) is 10.2 Å². The van der Waals surface area contributed by atoms with Crippen LogP contribution in [0.4, 0.5) is 0 Å². The number of carbonyl (C=O) groups is 3. The normalized spacial score (nSPS) is 20.8. The highest BCUT2D eigenvalue weighted by Gasteiger charge is 2.34. The summed E-state index contributed by atoms with van der Waals surface area (Å²) >= 11 is 0. The van der Waals surface area contributed by atoms with Crippen LogP contribution in [0.5, 0.6) is 0 Å². The fraction of sp³-hybridized carbons (Fsp3) is 0.700. The van der Waals surface area contributed by atoms with Gasteiger partial charge in [-0.3, -0.25) is 9.59 Å². The number of aliphatic carboxylic acids is 1. The molecular weight excluding hydrogens is 212 g/mol. The minimum atomic E-state index is -1.09. The van der Waals surface area contributed by atoms with Crippen LogP contribution in [0.3, 0.4) is 0 Å². The molecule has 90 valence electrons. The maximum Gasteiger partial charge on any atom is 0.328 e. The molecule has 2 N–H and O–H groups in total. The van der Waals surface area contributed by atoms with Gasteiger partial charge in [0.05, 0.1) is 0 Å². The van der Waals surface area contributed by atoms with Gasteiger partial charge in [0.25, 0.3) is 0 Å². The molecule has 0 aromatic rings. The predicted molar refractivity (Wildman–Crippen MR) is 55.6 cm³/mol. The molecule has 1 fully saturated rings. The summed E-state index contributed by atoms with van der Waals surface area (Å²) in [6, 6.07) is -0.941. The van der Waals surface area contributed by atoms with Crippen molar-refractivity contribution in [2.45, 2.75) is 26.3 Å². The van der Waals surface area contributed by atoms with Crippen LogP contribution in [0.15, 0.2) is 0 Å². The summed E-state index contributed by atoms with van der Waals surface area (Å²) in [6.45, 7) is 3.57. The number of amides is 2. The van der Waals surface area contributed by atoms with E-state index < -0.39 is 12.0 Å². The summed E-state index contributed by atoms with van der Waals surface area (Å²) < 4.78 is 0. The lowest BCUT2D eigenvalue weighted by atomic mass is 10.1. The maximum atomic E-state index is 11.8. The molecule has 0 aromatic carbocycles. The van der Waals surface area contributed by atoms with Crippen LogP contribution in [0.1, 0.15) is 20.3 Å². The molecule has 1 rings (SSSR count). The van der Waals surface area contributed by atoms with Crippen LogP contribution in [0.25, 0.3) is 0 Å². The zero-order valence-corrected chi connectivity index (χ0v) is 9.40. The molecule has 1 unspecified atom stereocenters. The highest BCUT2D eigenvalue weighted by Crippen LogP contribution is 2.10. The van der Waals surface area contributed by atoms with Crippen molar-refractivity contribution in [1.29, 1.82) is 0 Å². The smallest absolute Gasteiger partial charge is 0.328 e. The molecule has 1 atom stereocenters. The Labute approximate surface area is 93.6 Å². The molecular formula is C10H16N2O4. The van der Waals surface area contributed by atoms with Crippen molar-refractivity contribution >= 4 is 17.8 Å². The van der Waals surface area contributed by atoms with E-state index in [9.17, 15) is 14.4 Å². The summed E-state index contributed by atoms with van der Waals surface area (Å²) in [5, 5.41) is 11.4. The molecule has 1 saturated heterocycles. The van der Waals surface area contributed by atoms with Crippen LogP contribution in [-0.2, 0) is 14.4 Å². The Morgan fingerprint density at radius 3 is 2.69 bits per heavy atom. The zero-order valence-electron chi connectivity index (χ0n) is 9.40. The Morgan fingerprint density at radius 1 is 1.56 bits per heavy atom. The van der Waals surface area contributed by atoms with Crippen molar-refractivity contribution in [2.24, 2.45) is 5.92 Å². The van der Waals surface area contributed by atoms with Gasteiger partial charge in [0.15, 0.2) is 0 Å². The summed E-state index contributed by atoms with van der Waals surface area (Å²) in [5.74, 6) is -1.53. The van der Waals surface area contributed by atoms with Gasteiger partial charge in [-0.2, -0.15) is 0 Å². The van der Waals surface area contributed by atoms with Gasteiger partial charge in [-0.15, -0.1) is 0 Å². The monoisotopic (exact) mass is 228 g/mol. The SMILES string of the molecule is CC(C)CC(=O)N1CC(=O)NCC1C(=O)O. The summed E-state index contributed by atoms with van der Waals surface area (Å²) in [6.07, 6.45) is 0.261. The number of hydrogen-bond donors (Lipinski definition) is 2. The number of carbonyl (C=O) groups excluding carboxylic acids is 2. The first kappa shape index (κ1) is 12.5. The number of hydrogen-bond acceptors (Lipinski definition) is 3. The molecule has 0 radical (unpaired) electrons. The fourth-order valence-corrected chi connectivity index (χ4v) is 1.59. The van der Waals surface area contributed by atoms with Gasteiger partial charge in [0.1, 0.15) is 12.6 Å². The largest absolute Gasteiger partial charge is 0.480 e. The molecule has 1 heterocycles. The minimum absolute atomic E-state index is 0.0159. The first-order valence-electron chi connectivity index (χ1n) is 5.20. The Morgan fingerprint density at radius 2 is 2.19 bits per heavy atom. The quantitative estimate of drug-likeness (QED) is 0.678. The van der Waals surface area contributed by atoms with Crippen molar-refractivity contribution in [3.8, 4) is 0 Å². The van der Waals surface area contributed by atoms with E-state index in [4.69, 9.17) is 5.11 Å². The van der Waals surface area contributed by atoms with E-state index in [2.05, 4.69) is 5.32 Å². The van der Waals surface area contributed by atoms with Gasteiger partial charge in [-0.1, -0.05) is 13.8 Å². The minimum Gasteiger partial charge on any atom is -0.480 e. The van der Waals surface area contributed by atoms with Crippen LogP contribution in [0.2, 0.25) is 0 Å². The maximum absolute atomic E-state index is 11.8. The van der Waals surface area contributed by atoms with Gasteiger partial charge in [-0.25, -0.2) is 4.79 Å². The molecule has 6 nitrogen and oxygen atoms in total. The van der Waals surface area contributed by atoms with Crippen LogP contribution in [0, 0.1) is 5.92 Å². The lowest BCUT2D eigenvalue weighted by molar-refractivity contribution is -0.154. The number of carboxylic acids is 1. The molecule has 2 amide bonds. The zero-order chi connectivity index (χ0) is 12.3. The molecule has 0 spiro atoms. The Hall–Kier alpha value is -1.59. The van der Waals surface area contributed by atoms with Gasteiger partial charge >= 0.3 is 5.97 Å². The number of rotatable bonds is 3. The second-order valence-corrected chi connectivity index (χ2v) is 4.28. The second-order valence-electron chi connectivity index (χ2n) is 4.28. The van der Waals surface area contributed by atoms with Crippen molar-refractivity contribution < 1.29 is 19.5 Å². The highest BCUT2D eigenvalue weighted by molar-refractivity contribution is 5.91. The lowest BCUT2D eigenvalue weighted by Crippen LogP contribution is -2.59. The van der Waals surface area contributed by atoms with Gasteiger partial charge in [0, 0.05) is 13.0 Å². The van der Waals surface area contributed by atoms with Crippen molar-refractivity contribution in [2.75, 3.05) is 13.1 Å². The van der Waals surface area contributed by atoms with E-state index in [1.165, 1.54) is 0 Å². The molecule has 16 heavy (non-hydrogen) atoms. The van der Waals surface area contributed by atoms with E-state index in [1.54, 1.807) is 0 Å². The number of nitrogens with one attached hydrogen (secondary N) is 1. The molecule has 1 aliphatic heterocycles. The summed E-state index contributed by atoms with van der Waals surface area (Å²) in [7, 11) is 0. The van der Waals surface area contributed by atoms with E-state index in [0.717, 1.165) is 4.90 Å². The Balaban J connectivity index is 2.74. The molecule has 0 saturated carbocycles. The average Bonchev–Trinajstić information content (AvgIpc) is 2.15. The standard InChI is InChI=1S/C10H16N2O4/c1-6(2)3-9(14)12-5-8(13)11-4-7(12)10(15)16/h6-7H,3-5H2,1-2H3,(H,11,13)(H,15,16). The first-order valence-corrected chi connectivity index (χ1v) is 5.20. The topological polar surface area (TPSA) is 86.7 Å². The van der Waals surface area contributed by atoms with E-state index in [-0.39, 0.29) is 37.2 Å². The van der Waals surface area contributed by atoms with E-state index in [0.29, 0.717) is 0 Å². The third-order valence-corrected chi connectivity index (χ3v) is 2.37. The van der Waals surface area contributed by atoms with Crippen LogP contribution >= 0.6 is 0 Å². The third-order valence-electron chi connectivity index (χ3n) is 2.37. The van der Waals surface area contributed by atoms with Gasteiger partial charge < -0.3 is 15.3 Å². The molecule has 0 aromatic heterocycles. The first-order chi connectivity index (χ1) is 7.41. The summed E-state index contributed by atoms with van der Waals surface area (Å²) in [4.78, 5) is 34.9. The fourth-order valence-electron chi connectivity index (χ4n) is 1.59. The molecule has 1 aliphatic rings. The Bertz CT molecular complexity index is 314. The van der Waals surface area contributed by atoms with Crippen molar-refractivity contribution in [3.63, 3.8) is 0 Å². The van der Waals surface area contributed by atoms with Gasteiger partial charge in [-0.05, 0) is 5.92 Å². The lowest BCUT2D eigenvalue weighted by Gasteiger charge is -2.33. The number of piperazine rings is 1. The summed E-state index contributed by atoms with van der Waals surface area (Å²) in [5.41, 5.74) is 0. The molecule has 0 bridgehead atoms. The Kier molecular flexibility index (Phi) is 3.87. The number of nitrogens with zero attached hydrogens (tertiary/aromatic N) is 1. The van der Waals surface area contributed by atoms with Crippen molar-refractivity contribution in [3.05, 3.63) is 0 Å². The molecule has 0 aliphatic carbocycles. The average molecular weight is 228 g/mol.